The lowest BCUT2D eigenvalue weighted by Crippen LogP contribution is -2.11. The number of thiophene rings is 1. The number of imidazole rings is 1. The molecule has 0 aliphatic heterocycles. The van der Waals surface area contributed by atoms with Crippen LogP contribution in [-0.4, -0.2) is 36.7 Å². The predicted molar refractivity (Wildman–Crippen MR) is 138 cm³/mol. The molecule has 0 fully saturated rings. The Kier molecular flexibility index (Phi) is 5.33. The van der Waals surface area contributed by atoms with Gasteiger partial charge in [0.05, 0.1) is 26.6 Å². The summed E-state index contributed by atoms with van der Waals surface area (Å²) < 4.78 is 0.752. The number of aromatic nitrogens is 6. The topological polar surface area (TPSA) is 95.2 Å². The first-order valence-electron chi connectivity index (χ1n) is 10.9. The zero-order chi connectivity index (χ0) is 23.1. The number of fused-ring (bicyclic) bond motifs is 2. The molecule has 9 heteroatoms. The summed E-state index contributed by atoms with van der Waals surface area (Å²) in [5, 5.41) is 11.0. The van der Waals surface area contributed by atoms with Crippen molar-refractivity contribution in [3.63, 3.8) is 0 Å². The zero-order valence-corrected chi connectivity index (χ0v) is 19.8. The van der Waals surface area contributed by atoms with Gasteiger partial charge < -0.3 is 10.3 Å². The molecule has 0 saturated heterocycles. The number of benzene rings is 1. The van der Waals surface area contributed by atoms with Crippen LogP contribution in [0.1, 0.15) is 12.5 Å². The van der Waals surface area contributed by atoms with Crippen LogP contribution in [0.5, 0.6) is 0 Å². The summed E-state index contributed by atoms with van der Waals surface area (Å²) >= 11 is 7.71. The largest absolute Gasteiger partial charge is 0.336 e. The third-order valence-electron chi connectivity index (χ3n) is 5.65. The Balaban J connectivity index is 1.44. The van der Waals surface area contributed by atoms with E-state index in [1.54, 1.807) is 0 Å². The summed E-state index contributed by atoms with van der Waals surface area (Å²) in [7, 11) is 0. The lowest BCUT2D eigenvalue weighted by Gasteiger charge is -2.05. The van der Waals surface area contributed by atoms with Gasteiger partial charge in [0.25, 0.3) is 0 Å². The summed E-state index contributed by atoms with van der Waals surface area (Å²) in [5.41, 5.74) is 8.06. The van der Waals surface area contributed by atoms with E-state index in [9.17, 15) is 0 Å². The van der Waals surface area contributed by atoms with E-state index in [4.69, 9.17) is 21.6 Å². The van der Waals surface area contributed by atoms with Crippen LogP contribution < -0.4 is 5.32 Å². The molecular formula is C25H20ClN7S. The minimum atomic E-state index is 0.667. The highest BCUT2D eigenvalue weighted by atomic mass is 35.5. The van der Waals surface area contributed by atoms with Crippen LogP contribution in [0.3, 0.4) is 0 Å². The van der Waals surface area contributed by atoms with E-state index in [2.05, 4.69) is 44.5 Å². The Hall–Kier alpha value is -3.59. The van der Waals surface area contributed by atoms with E-state index < -0.39 is 0 Å². The van der Waals surface area contributed by atoms with E-state index in [0.717, 1.165) is 66.8 Å². The van der Waals surface area contributed by atoms with Crippen LogP contribution in [0, 0.1) is 0 Å². The number of nitrogens with one attached hydrogen (secondary N) is 3. The fraction of sp³-hybridized carbons (Fsp3) is 0.120. The molecule has 0 saturated carbocycles. The van der Waals surface area contributed by atoms with Crippen molar-refractivity contribution >= 4 is 45.0 Å². The number of nitrogens with zero attached hydrogens (tertiary/aromatic N) is 4. The molecule has 0 aliphatic carbocycles. The molecule has 0 spiro atoms. The minimum absolute atomic E-state index is 0.667. The minimum Gasteiger partial charge on any atom is -0.336 e. The zero-order valence-electron chi connectivity index (χ0n) is 18.3. The van der Waals surface area contributed by atoms with Gasteiger partial charge in [-0.1, -0.05) is 30.7 Å². The standard InChI is InChI=1S/C25H20ClN7S/c1-2-27-11-14-10-15(13-28-12-14)17-6-7-19-23(29-17)24(33-32-19)25-30-18-5-3-4-16(22(18)31-25)20-8-9-21(26)34-20/h3-10,12-13,27H,2,11H2,1H3,(H,30,31)(H,32,33). The van der Waals surface area contributed by atoms with E-state index in [1.807, 2.05) is 48.8 Å². The molecule has 6 rings (SSSR count). The van der Waals surface area contributed by atoms with Gasteiger partial charge in [-0.05, 0) is 48.5 Å². The maximum atomic E-state index is 6.17. The summed E-state index contributed by atoms with van der Waals surface area (Å²) in [6.07, 6.45) is 3.71. The fourth-order valence-electron chi connectivity index (χ4n) is 4.02. The number of para-hydroxylation sites is 1. The summed E-state index contributed by atoms with van der Waals surface area (Å²) in [5.74, 6) is 0.667. The van der Waals surface area contributed by atoms with E-state index in [1.165, 1.54) is 11.3 Å². The first-order valence-corrected chi connectivity index (χ1v) is 12.1. The van der Waals surface area contributed by atoms with E-state index in [-0.39, 0.29) is 0 Å². The van der Waals surface area contributed by atoms with Crippen LogP contribution in [0.4, 0.5) is 0 Å². The molecular weight excluding hydrogens is 466 g/mol. The predicted octanol–water partition coefficient (Wildman–Crippen LogP) is 6.05. The highest BCUT2D eigenvalue weighted by Crippen LogP contribution is 2.36. The van der Waals surface area contributed by atoms with Crippen molar-refractivity contribution in [2.45, 2.75) is 13.5 Å². The van der Waals surface area contributed by atoms with Crippen molar-refractivity contribution in [3.05, 3.63) is 70.8 Å². The van der Waals surface area contributed by atoms with Gasteiger partial charge in [-0.25, -0.2) is 9.97 Å². The quantitative estimate of drug-likeness (QED) is 0.267. The second-order valence-electron chi connectivity index (χ2n) is 7.92. The van der Waals surface area contributed by atoms with Crippen LogP contribution >= 0.6 is 22.9 Å². The number of hydrogen-bond donors (Lipinski definition) is 3. The molecule has 3 N–H and O–H groups in total. The molecule has 0 bridgehead atoms. The third kappa shape index (κ3) is 3.75. The Morgan fingerprint density at radius 1 is 1.00 bits per heavy atom. The number of aromatic amines is 2. The molecule has 0 aliphatic rings. The van der Waals surface area contributed by atoms with Gasteiger partial charge in [0, 0.05) is 34.9 Å². The lowest BCUT2D eigenvalue weighted by atomic mass is 10.1. The van der Waals surface area contributed by atoms with Crippen molar-refractivity contribution in [3.8, 4) is 33.2 Å². The van der Waals surface area contributed by atoms with Crippen LogP contribution in [-0.2, 0) is 6.54 Å². The van der Waals surface area contributed by atoms with E-state index in [0.29, 0.717) is 11.5 Å². The lowest BCUT2D eigenvalue weighted by molar-refractivity contribution is 0.724. The third-order valence-corrected chi connectivity index (χ3v) is 6.92. The van der Waals surface area contributed by atoms with Gasteiger partial charge in [-0.3, -0.25) is 10.1 Å². The van der Waals surface area contributed by atoms with Gasteiger partial charge in [-0.2, -0.15) is 5.10 Å². The maximum absolute atomic E-state index is 6.17. The van der Waals surface area contributed by atoms with Gasteiger partial charge >= 0.3 is 0 Å². The molecule has 34 heavy (non-hydrogen) atoms. The smallest absolute Gasteiger partial charge is 0.161 e. The normalized spacial score (nSPS) is 11.6. The van der Waals surface area contributed by atoms with Gasteiger partial charge in [0.2, 0.25) is 0 Å². The number of H-pyrrole nitrogens is 2. The van der Waals surface area contributed by atoms with Crippen molar-refractivity contribution < 1.29 is 0 Å². The fourth-order valence-corrected chi connectivity index (χ4v) is 5.09. The van der Waals surface area contributed by atoms with Crippen LogP contribution in [0.2, 0.25) is 4.34 Å². The number of pyridine rings is 2. The highest BCUT2D eigenvalue weighted by Gasteiger charge is 2.17. The Labute approximate surface area is 204 Å². The van der Waals surface area contributed by atoms with Gasteiger partial charge in [0.15, 0.2) is 11.5 Å². The first-order chi connectivity index (χ1) is 16.7. The molecule has 1 aromatic carbocycles. The van der Waals surface area contributed by atoms with Gasteiger partial charge in [-0.15, -0.1) is 11.3 Å². The molecule has 0 radical (unpaired) electrons. The Morgan fingerprint density at radius 2 is 1.94 bits per heavy atom. The molecule has 7 nitrogen and oxygen atoms in total. The molecule has 5 aromatic heterocycles. The molecule has 0 unspecified atom stereocenters. The first kappa shape index (κ1) is 21.0. The van der Waals surface area contributed by atoms with Crippen molar-refractivity contribution in [1.29, 1.82) is 0 Å². The average Bonchev–Trinajstić information content (AvgIpc) is 3.59. The van der Waals surface area contributed by atoms with Crippen molar-refractivity contribution in [2.24, 2.45) is 0 Å². The number of hydrogen-bond acceptors (Lipinski definition) is 6. The number of rotatable bonds is 6. The second-order valence-corrected chi connectivity index (χ2v) is 9.63. The Bertz CT molecular complexity index is 1630. The summed E-state index contributed by atoms with van der Waals surface area (Å²) in [6.45, 7) is 3.77. The SMILES string of the molecule is CCNCc1cncc(-c2ccc3[nH]nc(-c4nc5c(-c6ccc(Cl)s6)cccc5[nH]4)c3n2)c1. The average molecular weight is 486 g/mol. The molecule has 6 aromatic rings. The van der Waals surface area contributed by atoms with Crippen molar-refractivity contribution in [1.82, 2.24) is 35.5 Å². The van der Waals surface area contributed by atoms with Crippen molar-refractivity contribution in [2.75, 3.05) is 6.54 Å². The molecule has 0 amide bonds. The highest BCUT2D eigenvalue weighted by molar-refractivity contribution is 7.19. The number of halogens is 1. The Morgan fingerprint density at radius 3 is 2.79 bits per heavy atom. The summed E-state index contributed by atoms with van der Waals surface area (Å²) in [6, 6.07) is 16.1. The monoisotopic (exact) mass is 485 g/mol. The van der Waals surface area contributed by atoms with Crippen LogP contribution in [0.15, 0.2) is 60.9 Å². The maximum Gasteiger partial charge on any atom is 0.161 e. The molecule has 0 atom stereocenters. The van der Waals surface area contributed by atoms with Crippen LogP contribution in [0.25, 0.3) is 55.3 Å². The second kappa shape index (κ2) is 8.64. The summed E-state index contributed by atoms with van der Waals surface area (Å²) in [4.78, 5) is 18.7. The molecule has 5 heterocycles. The van der Waals surface area contributed by atoms with Gasteiger partial charge in [0.1, 0.15) is 5.52 Å². The van der Waals surface area contributed by atoms with E-state index >= 15 is 0 Å². The molecule has 168 valence electrons.